The number of allylic oxidation sites excluding steroid dienone is 1. The SMILES string of the molecule is C=CC(=N)C(CC)C(=O)O. The summed E-state index contributed by atoms with van der Waals surface area (Å²) < 4.78 is 0. The van der Waals surface area contributed by atoms with E-state index < -0.39 is 11.9 Å². The quantitative estimate of drug-likeness (QED) is 0.580. The fourth-order valence-corrected chi connectivity index (χ4v) is 0.670. The summed E-state index contributed by atoms with van der Waals surface area (Å²) in [5, 5.41) is 15.6. The third kappa shape index (κ3) is 2.01. The zero-order valence-corrected chi connectivity index (χ0v) is 5.92. The Labute approximate surface area is 59.9 Å². The minimum absolute atomic E-state index is 0.0787. The average molecular weight is 141 g/mol. The van der Waals surface area contributed by atoms with Gasteiger partial charge in [0.15, 0.2) is 0 Å². The summed E-state index contributed by atoms with van der Waals surface area (Å²) in [6.45, 7) is 5.06. The Hall–Kier alpha value is -1.12. The minimum Gasteiger partial charge on any atom is -0.481 e. The predicted molar refractivity (Wildman–Crippen MR) is 39.3 cm³/mol. The highest BCUT2D eigenvalue weighted by molar-refractivity contribution is 6.05. The smallest absolute Gasteiger partial charge is 0.312 e. The van der Waals surface area contributed by atoms with Crippen molar-refractivity contribution < 1.29 is 9.90 Å². The van der Waals surface area contributed by atoms with E-state index in [-0.39, 0.29) is 5.71 Å². The average Bonchev–Trinajstić information content (AvgIpc) is 1.88. The van der Waals surface area contributed by atoms with Gasteiger partial charge in [-0.25, -0.2) is 0 Å². The lowest BCUT2D eigenvalue weighted by Gasteiger charge is -2.05. The van der Waals surface area contributed by atoms with Crippen LogP contribution >= 0.6 is 0 Å². The Morgan fingerprint density at radius 1 is 1.90 bits per heavy atom. The lowest BCUT2D eigenvalue weighted by Crippen LogP contribution is -2.20. The van der Waals surface area contributed by atoms with E-state index in [4.69, 9.17) is 10.5 Å². The van der Waals surface area contributed by atoms with Crippen LogP contribution in [0.4, 0.5) is 0 Å². The van der Waals surface area contributed by atoms with Crippen molar-refractivity contribution in [2.75, 3.05) is 0 Å². The number of hydrogen-bond donors (Lipinski definition) is 2. The monoisotopic (exact) mass is 141 g/mol. The van der Waals surface area contributed by atoms with Crippen LogP contribution in [0, 0.1) is 11.3 Å². The fraction of sp³-hybridized carbons (Fsp3) is 0.429. The molecule has 0 aromatic rings. The minimum atomic E-state index is -0.951. The third-order valence-electron chi connectivity index (χ3n) is 1.30. The van der Waals surface area contributed by atoms with E-state index in [0.29, 0.717) is 6.42 Å². The molecule has 0 aromatic carbocycles. The Bertz CT molecular complexity index is 163. The molecule has 0 amide bonds. The van der Waals surface area contributed by atoms with Gasteiger partial charge in [-0.3, -0.25) is 4.79 Å². The molecule has 0 saturated carbocycles. The molecule has 0 saturated heterocycles. The van der Waals surface area contributed by atoms with Crippen molar-refractivity contribution in [2.24, 2.45) is 5.92 Å². The van der Waals surface area contributed by atoms with E-state index in [2.05, 4.69) is 6.58 Å². The highest BCUT2D eigenvalue weighted by Crippen LogP contribution is 2.04. The van der Waals surface area contributed by atoms with Gasteiger partial charge in [-0.1, -0.05) is 13.5 Å². The second-order valence-corrected chi connectivity index (χ2v) is 1.96. The molecule has 0 heterocycles. The van der Waals surface area contributed by atoms with E-state index in [9.17, 15) is 4.79 Å². The van der Waals surface area contributed by atoms with Crippen LogP contribution in [0.25, 0.3) is 0 Å². The summed E-state index contributed by atoms with van der Waals surface area (Å²) in [6.07, 6.45) is 1.71. The van der Waals surface area contributed by atoms with Gasteiger partial charge >= 0.3 is 5.97 Å². The molecule has 0 spiro atoms. The van der Waals surface area contributed by atoms with Crippen molar-refractivity contribution in [3.63, 3.8) is 0 Å². The number of hydrogen-bond acceptors (Lipinski definition) is 2. The number of carboxylic acid groups (broad SMARTS) is 1. The van der Waals surface area contributed by atoms with Gasteiger partial charge in [-0.05, 0) is 12.5 Å². The second-order valence-electron chi connectivity index (χ2n) is 1.96. The first-order valence-electron chi connectivity index (χ1n) is 3.07. The zero-order valence-electron chi connectivity index (χ0n) is 5.92. The Morgan fingerprint density at radius 3 is 2.50 bits per heavy atom. The first-order chi connectivity index (χ1) is 4.63. The number of rotatable bonds is 4. The molecule has 1 unspecified atom stereocenters. The maximum atomic E-state index is 10.3. The Balaban J connectivity index is 4.20. The molecule has 10 heavy (non-hydrogen) atoms. The van der Waals surface area contributed by atoms with Crippen LogP contribution in [0.15, 0.2) is 12.7 Å². The van der Waals surface area contributed by atoms with Crippen molar-refractivity contribution in [2.45, 2.75) is 13.3 Å². The molecule has 0 rings (SSSR count). The van der Waals surface area contributed by atoms with E-state index in [0.717, 1.165) is 0 Å². The number of aliphatic carboxylic acids is 1. The Kier molecular flexibility index (Phi) is 3.39. The molecular weight excluding hydrogens is 130 g/mol. The standard InChI is InChI=1S/C7H11NO2/c1-3-5(7(9)10)6(8)4-2/h4-5,8H,2-3H2,1H3,(H,9,10). The zero-order chi connectivity index (χ0) is 8.15. The summed E-state index contributed by atoms with van der Waals surface area (Å²) in [6, 6.07) is 0. The van der Waals surface area contributed by atoms with Gasteiger partial charge < -0.3 is 10.5 Å². The van der Waals surface area contributed by atoms with Gasteiger partial charge in [0.2, 0.25) is 0 Å². The molecule has 0 aliphatic rings. The summed E-state index contributed by atoms with van der Waals surface area (Å²) in [7, 11) is 0. The fourth-order valence-electron chi connectivity index (χ4n) is 0.670. The molecule has 0 aromatic heterocycles. The van der Waals surface area contributed by atoms with Crippen LogP contribution in [0.3, 0.4) is 0 Å². The highest BCUT2D eigenvalue weighted by atomic mass is 16.4. The van der Waals surface area contributed by atoms with E-state index >= 15 is 0 Å². The molecule has 2 N–H and O–H groups in total. The van der Waals surface area contributed by atoms with Gasteiger partial charge in [-0.2, -0.15) is 0 Å². The van der Waals surface area contributed by atoms with Crippen LogP contribution in [-0.4, -0.2) is 16.8 Å². The summed E-state index contributed by atoms with van der Waals surface area (Å²) >= 11 is 0. The molecular formula is C7H11NO2. The normalized spacial score (nSPS) is 12.1. The molecule has 0 fully saturated rings. The molecule has 0 aliphatic carbocycles. The molecule has 1 atom stereocenters. The van der Waals surface area contributed by atoms with Gasteiger partial charge in [0, 0.05) is 5.71 Å². The van der Waals surface area contributed by atoms with Gasteiger partial charge in [0.1, 0.15) is 0 Å². The van der Waals surface area contributed by atoms with Gasteiger partial charge in [0.05, 0.1) is 5.92 Å². The summed E-state index contributed by atoms with van der Waals surface area (Å²) in [4.78, 5) is 10.3. The van der Waals surface area contributed by atoms with Crippen LogP contribution < -0.4 is 0 Å². The molecule has 3 heteroatoms. The maximum Gasteiger partial charge on any atom is 0.312 e. The lowest BCUT2D eigenvalue weighted by atomic mass is 10.0. The molecule has 3 nitrogen and oxygen atoms in total. The second kappa shape index (κ2) is 3.82. The van der Waals surface area contributed by atoms with Gasteiger partial charge in [-0.15, -0.1) is 0 Å². The van der Waals surface area contributed by atoms with Crippen molar-refractivity contribution in [3.05, 3.63) is 12.7 Å². The largest absolute Gasteiger partial charge is 0.481 e. The van der Waals surface area contributed by atoms with Crippen LogP contribution in [0.5, 0.6) is 0 Å². The maximum absolute atomic E-state index is 10.3. The Morgan fingerprint density at radius 2 is 2.40 bits per heavy atom. The van der Waals surface area contributed by atoms with Crippen molar-refractivity contribution >= 4 is 11.7 Å². The molecule has 56 valence electrons. The predicted octanol–water partition coefficient (Wildman–Crippen LogP) is 1.30. The van der Waals surface area contributed by atoms with Crippen LogP contribution in [0.1, 0.15) is 13.3 Å². The first kappa shape index (κ1) is 8.88. The van der Waals surface area contributed by atoms with Crippen molar-refractivity contribution in [1.29, 1.82) is 5.41 Å². The number of carboxylic acids is 1. The van der Waals surface area contributed by atoms with E-state index in [1.54, 1.807) is 6.92 Å². The molecule has 0 aliphatic heterocycles. The number of nitrogens with one attached hydrogen (secondary N) is 1. The lowest BCUT2D eigenvalue weighted by molar-refractivity contribution is -0.139. The number of carbonyl (C=O) groups is 1. The van der Waals surface area contributed by atoms with Crippen LogP contribution in [0.2, 0.25) is 0 Å². The van der Waals surface area contributed by atoms with E-state index in [1.165, 1.54) is 6.08 Å². The van der Waals surface area contributed by atoms with E-state index in [1.807, 2.05) is 0 Å². The van der Waals surface area contributed by atoms with Crippen LogP contribution in [-0.2, 0) is 4.79 Å². The van der Waals surface area contributed by atoms with Gasteiger partial charge in [0.25, 0.3) is 0 Å². The van der Waals surface area contributed by atoms with Crippen molar-refractivity contribution in [1.82, 2.24) is 0 Å². The highest BCUT2D eigenvalue weighted by Gasteiger charge is 2.17. The molecule has 0 bridgehead atoms. The van der Waals surface area contributed by atoms with Crippen molar-refractivity contribution in [3.8, 4) is 0 Å². The summed E-state index contributed by atoms with van der Waals surface area (Å²) in [5.74, 6) is -1.63. The first-order valence-corrected chi connectivity index (χ1v) is 3.07. The molecule has 0 radical (unpaired) electrons. The third-order valence-corrected chi connectivity index (χ3v) is 1.30. The topological polar surface area (TPSA) is 61.2 Å². The summed E-state index contributed by atoms with van der Waals surface area (Å²) in [5.41, 5.74) is 0.0787.